The highest BCUT2D eigenvalue weighted by Crippen LogP contribution is 2.11. The Morgan fingerprint density at radius 3 is 2.48 bits per heavy atom. The number of carbonyl (C=O) groups is 1. The van der Waals surface area contributed by atoms with Crippen molar-refractivity contribution in [1.29, 1.82) is 0 Å². The Labute approximate surface area is 188 Å². The molecule has 0 saturated carbocycles. The molecule has 1 aliphatic heterocycles. The number of nitrogens with zero attached hydrogens (tertiary/aromatic N) is 2. The van der Waals surface area contributed by atoms with E-state index in [1.54, 1.807) is 7.05 Å². The Hall–Kier alpha value is -0.870. The van der Waals surface area contributed by atoms with E-state index in [1.165, 1.54) is 5.56 Å². The lowest BCUT2D eigenvalue weighted by Gasteiger charge is -2.32. The molecule has 1 amide bonds. The van der Waals surface area contributed by atoms with E-state index in [4.69, 9.17) is 0 Å². The monoisotopic (exact) mass is 551 g/mol. The fraction of sp³-hybridized carbons (Fsp3) is 0.579. The van der Waals surface area contributed by atoms with Crippen LogP contribution >= 0.6 is 39.9 Å². The van der Waals surface area contributed by atoms with Crippen LogP contribution in [-0.4, -0.2) is 56.0 Å². The van der Waals surface area contributed by atoms with Crippen LogP contribution in [0.3, 0.4) is 0 Å². The topological polar surface area (TPSA) is 68.8 Å². The van der Waals surface area contributed by atoms with Crippen LogP contribution in [0.25, 0.3) is 0 Å². The van der Waals surface area contributed by atoms with Crippen LogP contribution < -0.4 is 16.0 Å². The second-order valence-electron chi connectivity index (χ2n) is 6.60. The van der Waals surface area contributed by atoms with Crippen LogP contribution in [0.5, 0.6) is 0 Å². The number of amides is 1. The van der Waals surface area contributed by atoms with Crippen molar-refractivity contribution in [2.75, 3.05) is 33.2 Å². The molecule has 152 valence electrons. The Kier molecular flexibility index (Phi) is 11.9. The molecule has 0 unspecified atom stereocenters. The predicted molar refractivity (Wildman–Crippen MR) is 126 cm³/mol. The van der Waals surface area contributed by atoms with Crippen molar-refractivity contribution in [3.8, 4) is 0 Å². The van der Waals surface area contributed by atoms with Crippen LogP contribution in [0.4, 0.5) is 0 Å². The lowest BCUT2D eigenvalue weighted by molar-refractivity contribution is -0.122. The standard InChI is InChI=1S/C19H30BrN5O.HI/c1-3-10-22-18(26)14-25-11-8-17(9-12-25)24-19(21-2)23-13-15-4-6-16(20)7-5-15;/h4-7,17H,3,8-14H2,1-2H3,(H,22,26)(H2,21,23,24);1H. The van der Waals surface area contributed by atoms with Crippen LogP contribution in [-0.2, 0) is 11.3 Å². The van der Waals surface area contributed by atoms with Gasteiger partial charge in [0.25, 0.3) is 0 Å². The van der Waals surface area contributed by atoms with Crippen molar-refractivity contribution in [3.63, 3.8) is 0 Å². The average Bonchev–Trinajstić information content (AvgIpc) is 2.66. The Morgan fingerprint density at radius 2 is 1.89 bits per heavy atom. The molecule has 3 N–H and O–H groups in total. The molecule has 1 heterocycles. The fourth-order valence-corrected chi connectivity index (χ4v) is 3.20. The average molecular weight is 552 g/mol. The maximum atomic E-state index is 11.8. The minimum atomic E-state index is 0. The summed E-state index contributed by atoms with van der Waals surface area (Å²) in [6.45, 7) is 5.93. The summed E-state index contributed by atoms with van der Waals surface area (Å²) in [5.41, 5.74) is 1.21. The first-order chi connectivity index (χ1) is 12.6. The molecule has 6 nitrogen and oxygen atoms in total. The van der Waals surface area contributed by atoms with Crippen molar-refractivity contribution in [2.45, 2.75) is 38.8 Å². The minimum Gasteiger partial charge on any atom is -0.355 e. The molecular formula is C19H31BrIN5O. The summed E-state index contributed by atoms with van der Waals surface area (Å²) < 4.78 is 1.08. The van der Waals surface area contributed by atoms with Gasteiger partial charge in [-0.15, -0.1) is 24.0 Å². The van der Waals surface area contributed by atoms with Gasteiger partial charge in [-0.05, 0) is 37.0 Å². The summed E-state index contributed by atoms with van der Waals surface area (Å²) >= 11 is 3.45. The molecule has 27 heavy (non-hydrogen) atoms. The van der Waals surface area contributed by atoms with E-state index in [-0.39, 0.29) is 29.9 Å². The summed E-state index contributed by atoms with van der Waals surface area (Å²) in [6.07, 6.45) is 3.00. The van der Waals surface area contributed by atoms with Gasteiger partial charge in [-0.1, -0.05) is 35.0 Å². The van der Waals surface area contributed by atoms with Gasteiger partial charge in [0.1, 0.15) is 0 Å². The number of likely N-dealkylation sites (tertiary alicyclic amines) is 1. The number of piperidine rings is 1. The number of halogens is 2. The van der Waals surface area contributed by atoms with Gasteiger partial charge in [0.2, 0.25) is 5.91 Å². The minimum absolute atomic E-state index is 0. The van der Waals surface area contributed by atoms with Crippen LogP contribution in [0, 0.1) is 0 Å². The molecule has 1 fully saturated rings. The van der Waals surface area contributed by atoms with Crippen LogP contribution in [0.1, 0.15) is 31.7 Å². The number of aliphatic imine (C=N–C) groups is 1. The molecule has 1 aromatic rings. The third-order valence-corrected chi connectivity index (χ3v) is 4.99. The van der Waals surface area contributed by atoms with E-state index < -0.39 is 0 Å². The highest BCUT2D eigenvalue weighted by Gasteiger charge is 2.21. The molecule has 0 spiro atoms. The van der Waals surface area contributed by atoms with Crippen molar-refractivity contribution < 1.29 is 4.79 Å². The largest absolute Gasteiger partial charge is 0.355 e. The first-order valence-electron chi connectivity index (χ1n) is 9.31. The third kappa shape index (κ3) is 9.25. The van der Waals surface area contributed by atoms with Gasteiger partial charge in [0.05, 0.1) is 6.54 Å². The second-order valence-corrected chi connectivity index (χ2v) is 7.51. The number of guanidine groups is 1. The van der Waals surface area contributed by atoms with Gasteiger partial charge in [0.15, 0.2) is 5.96 Å². The van der Waals surface area contributed by atoms with Gasteiger partial charge >= 0.3 is 0 Å². The summed E-state index contributed by atoms with van der Waals surface area (Å²) in [4.78, 5) is 18.4. The molecule has 0 aromatic heterocycles. The third-order valence-electron chi connectivity index (χ3n) is 4.46. The van der Waals surface area contributed by atoms with E-state index in [9.17, 15) is 4.79 Å². The van der Waals surface area contributed by atoms with Crippen molar-refractivity contribution in [3.05, 3.63) is 34.3 Å². The second kappa shape index (κ2) is 13.3. The Morgan fingerprint density at radius 1 is 1.22 bits per heavy atom. The SMILES string of the molecule is CCCNC(=O)CN1CCC(NC(=NC)NCc2ccc(Br)cc2)CC1.I. The van der Waals surface area contributed by atoms with Gasteiger partial charge in [0, 0.05) is 43.7 Å². The summed E-state index contributed by atoms with van der Waals surface area (Å²) in [5.74, 6) is 0.956. The summed E-state index contributed by atoms with van der Waals surface area (Å²) in [6, 6.07) is 8.65. The molecular weight excluding hydrogens is 521 g/mol. The van der Waals surface area contributed by atoms with Gasteiger partial charge < -0.3 is 16.0 Å². The Balaban J connectivity index is 0.00000364. The molecule has 0 bridgehead atoms. The molecule has 0 atom stereocenters. The van der Waals surface area contributed by atoms with Crippen LogP contribution in [0.2, 0.25) is 0 Å². The molecule has 1 aliphatic rings. The van der Waals surface area contributed by atoms with Gasteiger partial charge in [-0.25, -0.2) is 0 Å². The molecule has 0 radical (unpaired) electrons. The highest BCUT2D eigenvalue weighted by molar-refractivity contribution is 14.0. The molecule has 1 aromatic carbocycles. The number of hydrogen-bond acceptors (Lipinski definition) is 3. The van der Waals surface area contributed by atoms with Crippen LogP contribution in [0.15, 0.2) is 33.7 Å². The number of nitrogens with one attached hydrogen (secondary N) is 3. The maximum Gasteiger partial charge on any atom is 0.234 e. The maximum absolute atomic E-state index is 11.8. The number of rotatable bonds is 7. The molecule has 8 heteroatoms. The first kappa shape index (κ1) is 24.2. The van der Waals surface area contributed by atoms with Crippen molar-refractivity contribution in [2.24, 2.45) is 4.99 Å². The normalized spacial score (nSPS) is 15.7. The van der Waals surface area contributed by atoms with E-state index in [2.05, 4.69) is 60.8 Å². The fourth-order valence-electron chi connectivity index (χ4n) is 2.93. The number of carbonyl (C=O) groups excluding carboxylic acids is 1. The quantitative estimate of drug-likeness (QED) is 0.277. The lowest BCUT2D eigenvalue weighted by atomic mass is 10.1. The zero-order chi connectivity index (χ0) is 18.8. The van der Waals surface area contributed by atoms with E-state index >= 15 is 0 Å². The number of benzene rings is 1. The van der Waals surface area contributed by atoms with Gasteiger partial charge in [-0.3, -0.25) is 14.7 Å². The van der Waals surface area contributed by atoms with E-state index in [1.807, 2.05) is 12.1 Å². The van der Waals surface area contributed by atoms with E-state index in [0.717, 1.165) is 55.9 Å². The molecule has 2 rings (SSSR count). The smallest absolute Gasteiger partial charge is 0.234 e. The molecule has 0 aliphatic carbocycles. The predicted octanol–water partition coefficient (Wildman–Crippen LogP) is 2.72. The summed E-state index contributed by atoms with van der Waals surface area (Å²) in [5, 5.41) is 9.80. The molecule has 1 saturated heterocycles. The lowest BCUT2D eigenvalue weighted by Crippen LogP contribution is -2.50. The number of hydrogen-bond donors (Lipinski definition) is 3. The van der Waals surface area contributed by atoms with Crippen molar-refractivity contribution >= 4 is 51.8 Å². The zero-order valence-electron chi connectivity index (χ0n) is 16.1. The first-order valence-corrected chi connectivity index (χ1v) is 10.1. The Bertz CT molecular complexity index is 588. The van der Waals surface area contributed by atoms with E-state index in [0.29, 0.717) is 12.6 Å². The summed E-state index contributed by atoms with van der Waals surface area (Å²) in [7, 11) is 1.80. The van der Waals surface area contributed by atoms with Gasteiger partial charge in [-0.2, -0.15) is 0 Å². The van der Waals surface area contributed by atoms with Crippen molar-refractivity contribution in [1.82, 2.24) is 20.9 Å². The zero-order valence-corrected chi connectivity index (χ0v) is 20.0. The highest BCUT2D eigenvalue weighted by atomic mass is 127.